The van der Waals surface area contributed by atoms with E-state index >= 15 is 0 Å². The summed E-state index contributed by atoms with van der Waals surface area (Å²) in [5, 5.41) is 2.87. The zero-order valence-electron chi connectivity index (χ0n) is 16.0. The first-order valence-electron chi connectivity index (χ1n) is 9.38. The molecule has 1 heterocycles. The molecular weight excluding hydrogens is 340 g/mol. The average molecular weight is 366 g/mol. The fourth-order valence-electron chi connectivity index (χ4n) is 3.24. The number of hydrogen-bond acceptors (Lipinski definition) is 3. The second-order valence-corrected chi connectivity index (χ2v) is 6.99. The maximum absolute atomic E-state index is 12.2. The maximum atomic E-state index is 12.2. The van der Waals surface area contributed by atoms with Crippen LogP contribution in [0, 0.1) is 13.8 Å². The molecule has 0 radical (unpaired) electrons. The molecule has 5 heteroatoms. The van der Waals surface area contributed by atoms with E-state index in [9.17, 15) is 9.59 Å². The third kappa shape index (κ3) is 5.09. The monoisotopic (exact) mass is 366 g/mol. The van der Waals surface area contributed by atoms with Gasteiger partial charge in [0.1, 0.15) is 12.4 Å². The molecule has 142 valence electrons. The number of ether oxygens (including phenoxy) is 1. The van der Waals surface area contributed by atoms with E-state index < -0.39 is 0 Å². The Morgan fingerprint density at radius 3 is 2.59 bits per heavy atom. The lowest BCUT2D eigenvalue weighted by Gasteiger charge is -2.15. The third-order valence-electron chi connectivity index (χ3n) is 4.74. The van der Waals surface area contributed by atoms with Crippen LogP contribution in [0.1, 0.15) is 39.9 Å². The van der Waals surface area contributed by atoms with Crippen LogP contribution in [0.3, 0.4) is 0 Å². The van der Waals surface area contributed by atoms with Gasteiger partial charge in [-0.2, -0.15) is 0 Å². The zero-order chi connectivity index (χ0) is 19.2. The lowest BCUT2D eigenvalue weighted by Crippen LogP contribution is -2.28. The summed E-state index contributed by atoms with van der Waals surface area (Å²) >= 11 is 0. The maximum Gasteiger partial charge on any atom is 0.251 e. The predicted octanol–water partition coefficient (Wildman–Crippen LogP) is 3.23. The van der Waals surface area contributed by atoms with Crippen LogP contribution in [0.15, 0.2) is 42.5 Å². The van der Waals surface area contributed by atoms with Gasteiger partial charge in [-0.3, -0.25) is 9.59 Å². The number of carbonyl (C=O) groups is 2. The van der Waals surface area contributed by atoms with Gasteiger partial charge in [-0.1, -0.05) is 29.8 Å². The Kier molecular flexibility index (Phi) is 6.12. The highest BCUT2D eigenvalue weighted by Crippen LogP contribution is 2.18. The lowest BCUT2D eigenvalue weighted by atomic mass is 10.1. The van der Waals surface area contributed by atoms with E-state index in [0.29, 0.717) is 31.7 Å². The van der Waals surface area contributed by atoms with Crippen molar-refractivity contribution in [2.24, 2.45) is 0 Å². The molecule has 0 aliphatic carbocycles. The SMILES string of the molecule is Cc1ccc(OCCNC(=O)c2ccc(CN3CCCC3=O)cc2)c(C)c1. The summed E-state index contributed by atoms with van der Waals surface area (Å²) < 4.78 is 5.73. The topological polar surface area (TPSA) is 58.6 Å². The minimum atomic E-state index is -0.122. The minimum absolute atomic E-state index is 0.122. The Hall–Kier alpha value is -2.82. The van der Waals surface area contributed by atoms with Crippen LogP contribution in [-0.4, -0.2) is 36.4 Å². The molecule has 1 fully saturated rings. The summed E-state index contributed by atoms with van der Waals surface area (Å²) in [4.78, 5) is 25.8. The van der Waals surface area contributed by atoms with Gasteiger partial charge in [0.25, 0.3) is 5.91 Å². The van der Waals surface area contributed by atoms with E-state index in [1.54, 1.807) is 12.1 Å². The van der Waals surface area contributed by atoms with E-state index in [1.165, 1.54) is 5.56 Å². The number of likely N-dealkylation sites (tertiary alicyclic amines) is 1. The smallest absolute Gasteiger partial charge is 0.251 e. The molecule has 1 aliphatic heterocycles. The van der Waals surface area contributed by atoms with Crippen LogP contribution < -0.4 is 10.1 Å². The van der Waals surface area contributed by atoms with E-state index in [0.717, 1.165) is 29.8 Å². The summed E-state index contributed by atoms with van der Waals surface area (Å²) in [5.41, 5.74) is 3.94. The van der Waals surface area contributed by atoms with Crippen molar-refractivity contribution in [2.75, 3.05) is 19.7 Å². The molecule has 27 heavy (non-hydrogen) atoms. The lowest BCUT2D eigenvalue weighted by molar-refractivity contribution is -0.128. The van der Waals surface area contributed by atoms with E-state index in [4.69, 9.17) is 4.74 Å². The predicted molar refractivity (Wildman–Crippen MR) is 105 cm³/mol. The van der Waals surface area contributed by atoms with Crippen LogP contribution in [0.2, 0.25) is 0 Å². The fourth-order valence-corrected chi connectivity index (χ4v) is 3.24. The van der Waals surface area contributed by atoms with Crippen molar-refractivity contribution in [3.63, 3.8) is 0 Å². The first-order chi connectivity index (χ1) is 13.0. The van der Waals surface area contributed by atoms with Gasteiger partial charge >= 0.3 is 0 Å². The number of hydrogen-bond donors (Lipinski definition) is 1. The molecule has 0 saturated carbocycles. The van der Waals surface area contributed by atoms with E-state index in [1.807, 2.05) is 43.0 Å². The molecular formula is C22H26N2O3. The summed E-state index contributed by atoms with van der Waals surface area (Å²) in [5.74, 6) is 0.930. The Morgan fingerprint density at radius 2 is 1.93 bits per heavy atom. The van der Waals surface area contributed by atoms with Crippen LogP contribution in [0.5, 0.6) is 5.75 Å². The van der Waals surface area contributed by atoms with Gasteiger partial charge in [-0.05, 0) is 49.6 Å². The molecule has 3 rings (SSSR count). The summed E-state index contributed by atoms with van der Waals surface area (Å²) in [7, 11) is 0. The number of nitrogens with one attached hydrogen (secondary N) is 1. The van der Waals surface area contributed by atoms with Crippen molar-refractivity contribution in [1.29, 1.82) is 0 Å². The fraction of sp³-hybridized carbons (Fsp3) is 0.364. The van der Waals surface area contributed by atoms with Crippen molar-refractivity contribution in [3.05, 3.63) is 64.7 Å². The highest BCUT2D eigenvalue weighted by atomic mass is 16.5. The van der Waals surface area contributed by atoms with Crippen LogP contribution in [0.25, 0.3) is 0 Å². The average Bonchev–Trinajstić information content (AvgIpc) is 3.05. The molecule has 5 nitrogen and oxygen atoms in total. The standard InChI is InChI=1S/C22H26N2O3/c1-16-5-10-20(17(2)14-16)27-13-11-23-22(26)19-8-6-18(7-9-19)15-24-12-3-4-21(24)25/h5-10,14H,3-4,11-13,15H2,1-2H3,(H,23,26). The molecule has 2 amide bonds. The molecule has 2 aromatic rings. The van der Waals surface area contributed by atoms with Crippen molar-refractivity contribution >= 4 is 11.8 Å². The number of amides is 2. The number of carbonyl (C=O) groups excluding carboxylic acids is 2. The van der Waals surface area contributed by atoms with Gasteiger partial charge in [-0.25, -0.2) is 0 Å². The molecule has 2 aromatic carbocycles. The van der Waals surface area contributed by atoms with Crippen molar-refractivity contribution < 1.29 is 14.3 Å². The minimum Gasteiger partial charge on any atom is -0.491 e. The zero-order valence-corrected chi connectivity index (χ0v) is 16.0. The molecule has 1 N–H and O–H groups in total. The Morgan fingerprint density at radius 1 is 1.15 bits per heavy atom. The van der Waals surface area contributed by atoms with Crippen LogP contribution in [0.4, 0.5) is 0 Å². The number of benzene rings is 2. The third-order valence-corrected chi connectivity index (χ3v) is 4.74. The Labute approximate surface area is 160 Å². The summed E-state index contributed by atoms with van der Waals surface area (Å²) in [6.07, 6.45) is 1.58. The van der Waals surface area contributed by atoms with Gasteiger partial charge < -0.3 is 15.0 Å². The number of nitrogens with zero attached hydrogens (tertiary/aromatic N) is 1. The van der Waals surface area contributed by atoms with Crippen molar-refractivity contribution in [1.82, 2.24) is 10.2 Å². The van der Waals surface area contributed by atoms with Gasteiger partial charge in [-0.15, -0.1) is 0 Å². The quantitative estimate of drug-likeness (QED) is 0.766. The Balaban J connectivity index is 1.44. The van der Waals surface area contributed by atoms with Gasteiger partial charge in [0.15, 0.2) is 0 Å². The highest BCUT2D eigenvalue weighted by molar-refractivity contribution is 5.94. The van der Waals surface area contributed by atoms with Crippen molar-refractivity contribution in [2.45, 2.75) is 33.2 Å². The second kappa shape index (κ2) is 8.71. The largest absolute Gasteiger partial charge is 0.491 e. The summed E-state index contributed by atoms with van der Waals surface area (Å²) in [6, 6.07) is 13.5. The second-order valence-electron chi connectivity index (χ2n) is 6.99. The van der Waals surface area contributed by atoms with Crippen molar-refractivity contribution in [3.8, 4) is 5.75 Å². The summed E-state index contributed by atoms with van der Waals surface area (Å²) in [6.45, 7) is 6.36. The molecule has 0 spiro atoms. The molecule has 0 aromatic heterocycles. The van der Waals surface area contributed by atoms with E-state index in [-0.39, 0.29) is 11.8 Å². The first kappa shape index (κ1) is 19.0. The van der Waals surface area contributed by atoms with Crippen LogP contribution >= 0.6 is 0 Å². The van der Waals surface area contributed by atoms with E-state index in [2.05, 4.69) is 11.4 Å². The normalized spacial score (nSPS) is 13.7. The number of aryl methyl sites for hydroxylation is 2. The molecule has 0 atom stereocenters. The first-order valence-corrected chi connectivity index (χ1v) is 9.38. The van der Waals surface area contributed by atoms with Gasteiger partial charge in [0.2, 0.25) is 5.91 Å². The molecule has 0 unspecified atom stereocenters. The molecule has 1 saturated heterocycles. The highest BCUT2D eigenvalue weighted by Gasteiger charge is 2.19. The Bertz CT molecular complexity index is 815. The molecule has 0 bridgehead atoms. The van der Waals surface area contributed by atoms with Gasteiger partial charge in [0.05, 0.1) is 6.54 Å². The molecule has 1 aliphatic rings. The van der Waals surface area contributed by atoms with Gasteiger partial charge in [0, 0.05) is 25.1 Å². The number of rotatable bonds is 7. The van der Waals surface area contributed by atoms with Crippen LogP contribution in [-0.2, 0) is 11.3 Å².